The number of fused-ring (bicyclic) bond motifs is 1. The largest absolute Gasteiger partial charge is 0.484 e. The Morgan fingerprint density at radius 3 is 2.58 bits per heavy atom. The fourth-order valence-corrected chi connectivity index (χ4v) is 4.88. The van der Waals surface area contributed by atoms with E-state index in [1.54, 1.807) is 12.1 Å². The van der Waals surface area contributed by atoms with E-state index in [0.717, 1.165) is 18.2 Å². The van der Waals surface area contributed by atoms with Crippen LogP contribution in [0.5, 0.6) is 11.6 Å². The van der Waals surface area contributed by atoms with Crippen molar-refractivity contribution in [2.24, 2.45) is 0 Å². The number of methoxy groups -OCH3 is 2. The standard InChI is InChI=1S/C23H20ClFN4O6S/c1-33-7-8-35-19-12-26-21-6-3-14(13-29(21)23(19)30)15-9-18(22(34-2)27-11-15)28-36(31,32)20-5-4-16(25)10-17(20)24/h3-6,9-13,28H,7-8H2,1-2H3. The summed E-state index contributed by atoms with van der Waals surface area (Å²) in [5.41, 5.74) is 0.981. The maximum atomic E-state index is 13.4. The van der Waals surface area contributed by atoms with Crippen LogP contribution in [-0.4, -0.2) is 50.2 Å². The third-order valence-electron chi connectivity index (χ3n) is 5.02. The van der Waals surface area contributed by atoms with Crippen molar-refractivity contribution < 1.29 is 27.0 Å². The van der Waals surface area contributed by atoms with Crippen molar-refractivity contribution in [2.75, 3.05) is 32.2 Å². The number of sulfonamides is 1. The van der Waals surface area contributed by atoms with E-state index in [0.29, 0.717) is 23.4 Å². The number of rotatable bonds is 9. The minimum absolute atomic E-state index is 0.00555. The summed E-state index contributed by atoms with van der Waals surface area (Å²) >= 11 is 5.94. The molecular weight excluding hydrogens is 515 g/mol. The molecule has 0 fully saturated rings. The third-order valence-corrected chi connectivity index (χ3v) is 6.87. The molecule has 0 atom stereocenters. The summed E-state index contributed by atoms with van der Waals surface area (Å²) < 4.78 is 58.5. The Labute approximate surface area is 210 Å². The zero-order valence-corrected chi connectivity index (χ0v) is 20.6. The van der Waals surface area contributed by atoms with Gasteiger partial charge in [0, 0.05) is 30.6 Å². The third kappa shape index (κ3) is 5.25. The minimum Gasteiger partial charge on any atom is -0.484 e. The topological polar surface area (TPSA) is 121 Å². The Morgan fingerprint density at radius 1 is 1.06 bits per heavy atom. The van der Waals surface area contributed by atoms with Gasteiger partial charge in [0.2, 0.25) is 11.6 Å². The number of aromatic nitrogens is 3. The fraction of sp³-hybridized carbons (Fsp3) is 0.174. The summed E-state index contributed by atoms with van der Waals surface area (Å²) in [6.07, 6.45) is 4.34. The Balaban J connectivity index is 1.73. The number of hydrogen-bond donors (Lipinski definition) is 1. The molecule has 36 heavy (non-hydrogen) atoms. The first-order valence-corrected chi connectivity index (χ1v) is 12.2. The number of anilines is 1. The van der Waals surface area contributed by atoms with Gasteiger partial charge in [0.15, 0.2) is 0 Å². The molecule has 10 nitrogen and oxygen atoms in total. The molecule has 3 aromatic heterocycles. The van der Waals surface area contributed by atoms with Crippen LogP contribution in [0.3, 0.4) is 0 Å². The maximum Gasteiger partial charge on any atom is 0.300 e. The second-order valence-electron chi connectivity index (χ2n) is 7.38. The molecule has 0 saturated carbocycles. The number of nitrogens with zero attached hydrogens (tertiary/aromatic N) is 3. The van der Waals surface area contributed by atoms with Gasteiger partial charge in [-0.15, -0.1) is 0 Å². The van der Waals surface area contributed by atoms with Gasteiger partial charge in [-0.3, -0.25) is 13.9 Å². The number of nitrogens with one attached hydrogen (secondary N) is 1. The van der Waals surface area contributed by atoms with Crippen molar-refractivity contribution in [3.63, 3.8) is 0 Å². The fourth-order valence-electron chi connectivity index (χ4n) is 3.30. The molecule has 4 aromatic rings. The number of ether oxygens (including phenoxy) is 3. The van der Waals surface area contributed by atoms with Crippen LogP contribution in [0.4, 0.5) is 10.1 Å². The Bertz CT molecular complexity index is 1600. The van der Waals surface area contributed by atoms with Crippen LogP contribution >= 0.6 is 11.6 Å². The van der Waals surface area contributed by atoms with Crippen molar-refractivity contribution in [3.8, 4) is 22.8 Å². The van der Waals surface area contributed by atoms with E-state index < -0.39 is 21.4 Å². The lowest BCUT2D eigenvalue weighted by Crippen LogP contribution is -2.19. The zero-order chi connectivity index (χ0) is 25.9. The predicted molar refractivity (Wildman–Crippen MR) is 131 cm³/mol. The van der Waals surface area contributed by atoms with Gasteiger partial charge in [-0.25, -0.2) is 22.8 Å². The van der Waals surface area contributed by atoms with Gasteiger partial charge in [-0.2, -0.15) is 0 Å². The van der Waals surface area contributed by atoms with Crippen LogP contribution in [0.2, 0.25) is 5.02 Å². The van der Waals surface area contributed by atoms with E-state index >= 15 is 0 Å². The van der Waals surface area contributed by atoms with Gasteiger partial charge in [0.25, 0.3) is 15.6 Å². The minimum atomic E-state index is -4.21. The van der Waals surface area contributed by atoms with Gasteiger partial charge in [-0.1, -0.05) is 11.6 Å². The molecule has 188 valence electrons. The lowest BCUT2D eigenvalue weighted by atomic mass is 10.1. The highest BCUT2D eigenvalue weighted by Crippen LogP contribution is 2.31. The summed E-state index contributed by atoms with van der Waals surface area (Å²) in [5.74, 6) is -0.623. The van der Waals surface area contributed by atoms with Gasteiger partial charge in [0.05, 0.1) is 24.9 Å². The van der Waals surface area contributed by atoms with Crippen molar-refractivity contribution >= 4 is 33.0 Å². The monoisotopic (exact) mass is 534 g/mol. The van der Waals surface area contributed by atoms with E-state index in [-0.39, 0.29) is 33.8 Å². The second-order valence-corrected chi connectivity index (χ2v) is 9.43. The number of pyridine rings is 2. The zero-order valence-electron chi connectivity index (χ0n) is 19.1. The summed E-state index contributed by atoms with van der Waals surface area (Å²) in [7, 11) is -1.36. The highest BCUT2D eigenvalue weighted by molar-refractivity contribution is 7.92. The van der Waals surface area contributed by atoms with Crippen LogP contribution in [0.25, 0.3) is 16.8 Å². The van der Waals surface area contributed by atoms with Crippen molar-refractivity contribution in [1.82, 2.24) is 14.4 Å². The molecule has 13 heteroatoms. The molecule has 1 aromatic carbocycles. The highest BCUT2D eigenvalue weighted by Gasteiger charge is 2.21. The summed E-state index contributed by atoms with van der Waals surface area (Å²) in [6, 6.07) is 7.75. The van der Waals surface area contributed by atoms with Crippen LogP contribution in [0.1, 0.15) is 0 Å². The first-order valence-electron chi connectivity index (χ1n) is 10.4. The van der Waals surface area contributed by atoms with Crippen molar-refractivity contribution in [3.05, 3.63) is 76.2 Å². The van der Waals surface area contributed by atoms with Crippen molar-refractivity contribution in [1.29, 1.82) is 0 Å². The van der Waals surface area contributed by atoms with E-state index in [2.05, 4.69) is 14.7 Å². The van der Waals surface area contributed by atoms with Crippen LogP contribution < -0.4 is 19.8 Å². The molecule has 0 unspecified atom stereocenters. The molecule has 4 rings (SSSR count). The summed E-state index contributed by atoms with van der Waals surface area (Å²) in [5, 5.41) is -0.282. The van der Waals surface area contributed by atoms with Gasteiger partial charge in [0.1, 0.15) is 28.7 Å². The van der Waals surface area contributed by atoms with Gasteiger partial charge < -0.3 is 14.2 Å². The van der Waals surface area contributed by atoms with Gasteiger partial charge >= 0.3 is 0 Å². The number of halogens is 2. The number of benzene rings is 1. The smallest absolute Gasteiger partial charge is 0.300 e. The molecule has 0 amide bonds. The molecule has 0 radical (unpaired) electrons. The summed E-state index contributed by atoms with van der Waals surface area (Å²) in [6.45, 7) is 0.491. The lowest BCUT2D eigenvalue weighted by molar-refractivity contribution is 0.145. The van der Waals surface area contributed by atoms with E-state index in [4.69, 9.17) is 25.8 Å². The first-order chi connectivity index (χ1) is 17.2. The Morgan fingerprint density at radius 2 is 1.86 bits per heavy atom. The SMILES string of the molecule is COCCOc1cnc2ccc(-c3cnc(OC)c(NS(=O)(=O)c4ccc(F)cc4Cl)c3)cn2c1=O. The van der Waals surface area contributed by atoms with E-state index in [9.17, 15) is 17.6 Å². The molecule has 0 aliphatic carbocycles. The maximum absolute atomic E-state index is 13.4. The quantitative estimate of drug-likeness (QED) is 0.324. The predicted octanol–water partition coefficient (Wildman–Crippen LogP) is 3.38. The average molecular weight is 535 g/mol. The first kappa shape index (κ1) is 25.4. The average Bonchev–Trinajstić information content (AvgIpc) is 2.85. The molecule has 0 saturated heterocycles. The van der Waals surface area contributed by atoms with Crippen LogP contribution in [-0.2, 0) is 14.8 Å². The normalized spacial score (nSPS) is 11.4. The molecule has 3 heterocycles. The van der Waals surface area contributed by atoms with Gasteiger partial charge in [-0.05, 0) is 36.4 Å². The Kier molecular flexibility index (Phi) is 7.38. The number of hydrogen-bond acceptors (Lipinski definition) is 8. The molecule has 0 aliphatic rings. The van der Waals surface area contributed by atoms with E-state index in [1.165, 1.54) is 43.3 Å². The lowest BCUT2D eigenvalue weighted by Gasteiger charge is -2.14. The highest BCUT2D eigenvalue weighted by atomic mass is 35.5. The Hall–Kier alpha value is -3.74. The van der Waals surface area contributed by atoms with Crippen molar-refractivity contribution in [2.45, 2.75) is 4.90 Å². The van der Waals surface area contributed by atoms with Crippen LogP contribution in [0, 0.1) is 5.82 Å². The molecule has 1 N–H and O–H groups in total. The second kappa shape index (κ2) is 10.5. The molecule has 0 bridgehead atoms. The van der Waals surface area contributed by atoms with E-state index in [1.807, 2.05) is 0 Å². The molecular formula is C23H20ClFN4O6S. The summed E-state index contributed by atoms with van der Waals surface area (Å²) in [4.78, 5) is 20.9. The molecule has 0 aliphatic heterocycles. The molecule has 0 spiro atoms. The van der Waals surface area contributed by atoms with Crippen LogP contribution in [0.15, 0.2) is 64.7 Å².